The van der Waals surface area contributed by atoms with Crippen LogP contribution in [0.15, 0.2) is 0 Å². The van der Waals surface area contributed by atoms with Gasteiger partial charge >= 0.3 is 29.6 Å². The molecule has 0 aliphatic rings. The van der Waals surface area contributed by atoms with Gasteiger partial charge in [-0.3, -0.25) is 4.79 Å². The van der Waals surface area contributed by atoms with Crippen LogP contribution in [-0.2, 0) is 9.59 Å². The van der Waals surface area contributed by atoms with Gasteiger partial charge in [0.1, 0.15) is 0 Å². The Labute approximate surface area is 74.7 Å². The number of carboxylic acid groups (broad SMARTS) is 1. The first kappa shape index (κ1) is 11.7. The fourth-order valence-corrected chi connectivity index (χ4v) is 0.116. The summed E-state index contributed by atoms with van der Waals surface area (Å²) >= 11 is 0. The third-order valence-electron chi connectivity index (χ3n) is 0.780. The van der Waals surface area contributed by atoms with Crippen LogP contribution in [0, 0.1) is 5.92 Å². The molecule has 9 heavy (non-hydrogen) atoms. The molecule has 0 aliphatic heterocycles. The quantitative estimate of drug-likeness (QED) is 0.307. The van der Waals surface area contributed by atoms with E-state index in [2.05, 4.69) is 5.73 Å². The molecule has 5 heteroatoms. The Morgan fingerprint density at radius 2 is 1.89 bits per heavy atom. The molecule has 0 rings (SSSR count). The largest absolute Gasteiger partial charge is 1.00 e. The van der Waals surface area contributed by atoms with Crippen molar-refractivity contribution in [1.82, 2.24) is 0 Å². The summed E-state index contributed by atoms with van der Waals surface area (Å²) in [6, 6.07) is 0. The van der Waals surface area contributed by atoms with Crippen LogP contribution in [0.4, 0.5) is 0 Å². The Morgan fingerprint density at radius 1 is 1.56 bits per heavy atom. The second-order valence-corrected chi connectivity index (χ2v) is 1.44. The van der Waals surface area contributed by atoms with E-state index in [0.717, 1.165) is 0 Å². The zero-order chi connectivity index (χ0) is 6.73. The third kappa shape index (κ3) is 4.44. The molecular formula is C4H6NNaO3. The molecule has 46 valence electrons. The van der Waals surface area contributed by atoms with Crippen molar-refractivity contribution in [2.45, 2.75) is 6.92 Å². The van der Waals surface area contributed by atoms with Gasteiger partial charge in [-0.25, -0.2) is 0 Å². The molecule has 0 saturated heterocycles. The summed E-state index contributed by atoms with van der Waals surface area (Å²) in [6.45, 7) is 1.18. The van der Waals surface area contributed by atoms with Crippen molar-refractivity contribution in [2.24, 2.45) is 11.7 Å². The van der Waals surface area contributed by atoms with Gasteiger partial charge in [-0.2, -0.15) is 0 Å². The maximum absolute atomic E-state index is 9.94. The Hall–Kier alpha value is -0.0600. The smallest absolute Gasteiger partial charge is 0.549 e. The van der Waals surface area contributed by atoms with Crippen LogP contribution in [0.5, 0.6) is 0 Å². The number of amides is 1. The van der Waals surface area contributed by atoms with Crippen LogP contribution in [0.2, 0.25) is 0 Å². The molecule has 0 aromatic heterocycles. The van der Waals surface area contributed by atoms with E-state index in [4.69, 9.17) is 0 Å². The summed E-state index contributed by atoms with van der Waals surface area (Å²) in [7, 11) is 0. The Balaban J connectivity index is 0. The average Bonchev–Trinajstić information content (AvgIpc) is 1.64. The van der Waals surface area contributed by atoms with Gasteiger partial charge in [0.15, 0.2) is 0 Å². The molecule has 2 N–H and O–H groups in total. The van der Waals surface area contributed by atoms with Gasteiger partial charge in [-0.1, -0.05) is 0 Å². The number of nitrogens with two attached hydrogens (primary N) is 1. The van der Waals surface area contributed by atoms with Crippen LogP contribution in [0.3, 0.4) is 0 Å². The average molecular weight is 139 g/mol. The van der Waals surface area contributed by atoms with E-state index in [1.807, 2.05) is 0 Å². The number of carbonyl (C=O) groups is 2. The van der Waals surface area contributed by atoms with Crippen LogP contribution in [0.25, 0.3) is 0 Å². The summed E-state index contributed by atoms with van der Waals surface area (Å²) in [6.07, 6.45) is 0. The van der Waals surface area contributed by atoms with Crippen molar-refractivity contribution >= 4 is 11.9 Å². The summed E-state index contributed by atoms with van der Waals surface area (Å²) in [5.41, 5.74) is 4.58. The van der Waals surface area contributed by atoms with Gasteiger partial charge in [0, 0.05) is 0 Å². The second kappa shape index (κ2) is 4.78. The number of rotatable bonds is 2. The van der Waals surface area contributed by atoms with E-state index in [0.29, 0.717) is 0 Å². The summed E-state index contributed by atoms with van der Waals surface area (Å²) in [4.78, 5) is 19.7. The Morgan fingerprint density at radius 3 is 1.89 bits per heavy atom. The number of hydrogen-bond acceptors (Lipinski definition) is 3. The monoisotopic (exact) mass is 139 g/mol. The fraction of sp³-hybridized carbons (Fsp3) is 0.500. The fourth-order valence-electron chi connectivity index (χ4n) is 0.116. The van der Waals surface area contributed by atoms with E-state index < -0.39 is 17.8 Å². The van der Waals surface area contributed by atoms with Crippen LogP contribution in [0.1, 0.15) is 6.92 Å². The van der Waals surface area contributed by atoms with Gasteiger partial charge in [-0.15, -0.1) is 0 Å². The van der Waals surface area contributed by atoms with Crippen LogP contribution >= 0.6 is 0 Å². The molecule has 1 unspecified atom stereocenters. The van der Waals surface area contributed by atoms with Gasteiger partial charge in [0.2, 0.25) is 5.91 Å². The standard InChI is InChI=1S/C4H7NO3.Na/c1-2(3(5)6)4(7)8;/h2H,1H3,(H2,5,6)(H,7,8);/q;+1/p-1. The number of carboxylic acids is 1. The minimum absolute atomic E-state index is 0. The van der Waals surface area contributed by atoms with Crippen molar-refractivity contribution < 1.29 is 44.3 Å². The molecule has 0 fully saturated rings. The molecule has 0 bridgehead atoms. The normalized spacial score (nSPS) is 11.2. The number of hydrogen-bond donors (Lipinski definition) is 1. The minimum atomic E-state index is -1.43. The molecule has 1 atom stereocenters. The molecule has 0 aromatic rings. The maximum Gasteiger partial charge on any atom is 1.00 e. The zero-order valence-electron chi connectivity index (χ0n) is 5.38. The van der Waals surface area contributed by atoms with E-state index >= 15 is 0 Å². The first-order valence-corrected chi connectivity index (χ1v) is 2.06. The molecule has 0 aromatic carbocycles. The number of carbonyl (C=O) groups excluding carboxylic acids is 2. The summed E-state index contributed by atoms with van der Waals surface area (Å²) in [5.74, 6) is -3.49. The first-order chi connectivity index (χ1) is 3.55. The van der Waals surface area contributed by atoms with Crippen molar-refractivity contribution in [1.29, 1.82) is 0 Å². The molecule has 4 nitrogen and oxygen atoms in total. The van der Waals surface area contributed by atoms with Gasteiger partial charge < -0.3 is 15.6 Å². The van der Waals surface area contributed by atoms with Crippen molar-refractivity contribution in [3.8, 4) is 0 Å². The predicted octanol–water partition coefficient (Wildman–Crippen LogP) is -5.14. The predicted molar refractivity (Wildman–Crippen MR) is 23.4 cm³/mol. The molecule has 0 radical (unpaired) electrons. The van der Waals surface area contributed by atoms with Crippen molar-refractivity contribution in [3.63, 3.8) is 0 Å². The van der Waals surface area contributed by atoms with E-state index in [-0.39, 0.29) is 29.6 Å². The number of aliphatic carboxylic acids is 1. The third-order valence-corrected chi connectivity index (χ3v) is 0.780. The van der Waals surface area contributed by atoms with Crippen molar-refractivity contribution in [3.05, 3.63) is 0 Å². The van der Waals surface area contributed by atoms with Crippen LogP contribution in [-0.4, -0.2) is 11.9 Å². The Bertz CT molecular complexity index is 111. The summed E-state index contributed by atoms with van der Waals surface area (Å²) in [5, 5.41) is 9.73. The Kier molecular flexibility index (Phi) is 6.22. The molecular weight excluding hydrogens is 133 g/mol. The SMILES string of the molecule is CC(C(N)=O)C(=O)[O-].[Na+]. The van der Waals surface area contributed by atoms with Gasteiger partial charge in [0.05, 0.1) is 11.9 Å². The topological polar surface area (TPSA) is 83.2 Å². The van der Waals surface area contributed by atoms with E-state index in [1.165, 1.54) is 6.92 Å². The minimum Gasteiger partial charge on any atom is -0.549 e. The van der Waals surface area contributed by atoms with Gasteiger partial charge in [-0.05, 0) is 6.92 Å². The van der Waals surface area contributed by atoms with Crippen molar-refractivity contribution in [2.75, 3.05) is 0 Å². The van der Waals surface area contributed by atoms with Crippen LogP contribution < -0.4 is 40.4 Å². The summed E-state index contributed by atoms with van der Waals surface area (Å²) < 4.78 is 0. The molecule has 0 heterocycles. The second-order valence-electron chi connectivity index (χ2n) is 1.44. The molecule has 1 amide bonds. The van der Waals surface area contributed by atoms with Gasteiger partial charge in [0.25, 0.3) is 0 Å². The first-order valence-electron chi connectivity index (χ1n) is 2.06. The van der Waals surface area contributed by atoms with E-state index in [1.54, 1.807) is 0 Å². The zero-order valence-corrected chi connectivity index (χ0v) is 7.38. The van der Waals surface area contributed by atoms with E-state index in [9.17, 15) is 14.7 Å². The maximum atomic E-state index is 9.94. The molecule has 0 aliphatic carbocycles. The number of primary amides is 1. The molecule has 0 saturated carbocycles. The molecule has 0 spiro atoms.